The molecule has 1 unspecified atom stereocenters. The summed E-state index contributed by atoms with van der Waals surface area (Å²) in [7, 11) is 0. The van der Waals surface area contributed by atoms with Crippen molar-refractivity contribution in [3.63, 3.8) is 0 Å². The van der Waals surface area contributed by atoms with Crippen LogP contribution in [0, 0.1) is 0 Å². The Morgan fingerprint density at radius 2 is 1.16 bits per heavy atom. The summed E-state index contributed by atoms with van der Waals surface area (Å²) in [5.41, 5.74) is 1.13. The van der Waals surface area contributed by atoms with Gasteiger partial charge in [-0.1, -0.05) is 6.92 Å². The Morgan fingerprint density at radius 1 is 0.719 bits per heavy atom. The number of benzene rings is 3. The average Bonchev–Trinajstić information content (AvgIpc) is 2.80. The Bertz CT molecular complexity index is 1270. The zero-order valence-electron chi connectivity index (χ0n) is 17.0. The number of aliphatic hydroxyl groups is 1. The van der Waals surface area contributed by atoms with Gasteiger partial charge in [-0.25, -0.2) is 4.90 Å². The molecular weight excluding hydrogens is 412 g/mol. The highest BCUT2D eigenvalue weighted by Gasteiger charge is 2.41. The van der Waals surface area contributed by atoms with Gasteiger partial charge in [0, 0.05) is 33.0 Å². The van der Waals surface area contributed by atoms with Gasteiger partial charge in [-0.2, -0.15) is 0 Å². The van der Waals surface area contributed by atoms with Gasteiger partial charge in [-0.15, -0.1) is 0 Å². The summed E-state index contributed by atoms with van der Waals surface area (Å²) in [6.07, 6.45) is 0.390. The predicted molar refractivity (Wildman–Crippen MR) is 115 cm³/mol. The van der Waals surface area contributed by atoms with Crippen molar-refractivity contribution in [2.75, 3.05) is 11.5 Å². The van der Waals surface area contributed by atoms with Crippen molar-refractivity contribution in [3.8, 4) is 5.75 Å². The SMILES string of the molecule is CCC(CO)N1C(=O)c2ccc3c4c(ccc(c24)C1=O)C(=O)N(c1ccc(O)cc1)C3=O. The minimum Gasteiger partial charge on any atom is -0.508 e. The molecule has 3 aromatic carbocycles. The number of phenolic OH excluding ortho intramolecular Hbond substituents is 1. The zero-order valence-corrected chi connectivity index (χ0v) is 17.0. The van der Waals surface area contributed by atoms with E-state index < -0.39 is 29.7 Å². The second-order valence-electron chi connectivity index (χ2n) is 7.76. The average molecular weight is 430 g/mol. The first kappa shape index (κ1) is 19.9. The maximum Gasteiger partial charge on any atom is 0.265 e. The molecule has 2 N–H and O–H groups in total. The minimum atomic E-state index is -0.668. The van der Waals surface area contributed by atoms with E-state index in [2.05, 4.69) is 0 Å². The van der Waals surface area contributed by atoms with Crippen LogP contribution in [-0.2, 0) is 0 Å². The van der Waals surface area contributed by atoms with Crippen LogP contribution in [0.4, 0.5) is 5.69 Å². The van der Waals surface area contributed by atoms with E-state index in [0.29, 0.717) is 12.1 Å². The highest BCUT2D eigenvalue weighted by atomic mass is 16.3. The van der Waals surface area contributed by atoms with Crippen molar-refractivity contribution >= 4 is 40.1 Å². The Hall–Kier alpha value is -4.04. The van der Waals surface area contributed by atoms with Crippen molar-refractivity contribution in [2.45, 2.75) is 19.4 Å². The molecule has 0 bridgehead atoms. The van der Waals surface area contributed by atoms with E-state index in [0.717, 1.165) is 9.80 Å². The van der Waals surface area contributed by atoms with Crippen LogP contribution in [0.5, 0.6) is 5.75 Å². The minimum absolute atomic E-state index is 0.000531. The molecule has 32 heavy (non-hydrogen) atoms. The first-order chi connectivity index (χ1) is 15.4. The van der Waals surface area contributed by atoms with Gasteiger partial charge in [-0.05, 0) is 55.0 Å². The third kappa shape index (κ3) is 2.53. The van der Waals surface area contributed by atoms with Crippen molar-refractivity contribution in [1.29, 1.82) is 0 Å². The Morgan fingerprint density at radius 3 is 1.56 bits per heavy atom. The predicted octanol–water partition coefficient (Wildman–Crippen LogP) is 2.71. The molecule has 0 spiro atoms. The fourth-order valence-electron chi connectivity index (χ4n) is 4.45. The van der Waals surface area contributed by atoms with Crippen LogP contribution in [0.1, 0.15) is 54.8 Å². The number of aromatic hydroxyl groups is 1. The third-order valence-electron chi connectivity index (χ3n) is 6.08. The quantitative estimate of drug-likeness (QED) is 0.615. The highest BCUT2D eigenvalue weighted by Crippen LogP contribution is 2.39. The van der Waals surface area contributed by atoms with Gasteiger partial charge in [0.1, 0.15) is 5.75 Å². The maximum absolute atomic E-state index is 13.3. The van der Waals surface area contributed by atoms with E-state index in [1.54, 1.807) is 6.92 Å². The van der Waals surface area contributed by atoms with Crippen LogP contribution in [0.15, 0.2) is 48.5 Å². The smallest absolute Gasteiger partial charge is 0.265 e. The van der Waals surface area contributed by atoms with E-state index in [4.69, 9.17) is 0 Å². The summed E-state index contributed by atoms with van der Waals surface area (Å²) in [5, 5.41) is 19.8. The second-order valence-corrected chi connectivity index (χ2v) is 7.76. The van der Waals surface area contributed by atoms with Gasteiger partial charge in [0.25, 0.3) is 23.6 Å². The molecule has 2 aliphatic rings. The molecule has 0 radical (unpaired) electrons. The molecule has 0 aliphatic carbocycles. The third-order valence-corrected chi connectivity index (χ3v) is 6.08. The molecule has 8 nitrogen and oxygen atoms in total. The van der Waals surface area contributed by atoms with E-state index in [9.17, 15) is 29.4 Å². The van der Waals surface area contributed by atoms with Gasteiger partial charge in [0.05, 0.1) is 18.3 Å². The lowest BCUT2D eigenvalue weighted by Crippen LogP contribution is -2.49. The highest BCUT2D eigenvalue weighted by molar-refractivity contribution is 6.39. The lowest BCUT2D eigenvalue weighted by atomic mass is 9.85. The zero-order chi connectivity index (χ0) is 22.7. The summed E-state index contributed by atoms with van der Waals surface area (Å²) < 4.78 is 0. The van der Waals surface area contributed by atoms with Crippen LogP contribution in [0.25, 0.3) is 10.8 Å². The van der Waals surface area contributed by atoms with Crippen LogP contribution in [-0.4, -0.2) is 51.4 Å². The summed E-state index contributed by atoms with van der Waals surface area (Å²) in [4.78, 5) is 55.0. The Labute approximate surface area is 182 Å². The fraction of sp³-hybridized carbons (Fsp3) is 0.167. The number of carbonyl (C=O) groups is 4. The fourth-order valence-corrected chi connectivity index (χ4v) is 4.45. The van der Waals surface area contributed by atoms with E-state index >= 15 is 0 Å². The summed E-state index contributed by atoms with van der Waals surface area (Å²) >= 11 is 0. The van der Waals surface area contributed by atoms with Gasteiger partial charge in [-0.3, -0.25) is 24.1 Å². The van der Waals surface area contributed by atoms with Gasteiger partial charge in [0.2, 0.25) is 0 Å². The van der Waals surface area contributed by atoms with E-state index in [-0.39, 0.29) is 45.4 Å². The molecule has 8 heteroatoms. The standard InChI is InChI=1S/C24H18N2O6/c1-2-12(11-27)25-21(29)15-7-9-17-20-18(10-8-16(19(15)20)22(25)30)24(32)26(23(17)31)13-3-5-14(28)6-4-13/h3-10,12,27-28H,2,11H2,1H3. The molecule has 2 aliphatic heterocycles. The number of anilines is 1. The Balaban J connectivity index is 1.73. The number of phenols is 1. The summed E-state index contributed by atoms with van der Waals surface area (Å²) in [6, 6.07) is 11.0. The number of carbonyl (C=O) groups excluding carboxylic acids is 4. The van der Waals surface area contributed by atoms with Gasteiger partial charge >= 0.3 is 0 Å². The van der Waals surface area contributed by atoms with Crippen molar-refractivity contribution in [1.82, 2.24) is 4.90 Å². The first-order valence-electron chi connectivity index (χ1n) is 10.1. The number of hydrogen-bond donors (Lipinski definition) is 2. The van der Waals surface area contributed by atoms with Crippen LogP contribution >= 0.6 is 0 Å². The van der Waals surface area contributed by atoms with Crippen LogP contribution in [0.3, 0.4) is 0 Å². The normalized spacial score (nSPS) is 16.2. The molecule has 3 aromatic rings. The lowest BCUT2D eigenvalue weighted by Gasteiger charge is -2.34. The molecule has 0 fully saturated rings. The maximum atomic E-state index is 13.3. The molecular formula is C24H18N2O6. The number of imide groups is 2. The number of rotatable bonds is 4. The van der Waals surface area contributed by atoms with Crippen molar-refractivity contribution in [2.24, 2.45) is 0 Å². The summed E-state index contributed by atoms with van der Waals surface area (Å²) in [6.45, 7) is 1.41. The first-order valence-corrected chi connectivity index (χ1v) is 10.1. The van der Waals surface area contributed by atoms with E-state index in [1.807, 2.05) is 0 Å². The molecule has 0 aromatic heterocycles. The van der Waals surface area contributed by atoms with Crippen LogP contribution in [0.2, 0.25) is 0 Å². The number of nitrogens with zero attached hydrogens (tertiary/aromatic N) is 2. The topological polar surface area (TPSA) is 115 Å². The van der Waals surface area contributed by atoms with E-state index in [1.165, 1.54) is 48.5 Å². The monoisotopic (exact) mass is 430 g/mol. The second kappa shape index (κ2) is 7.00. The van der Waals surface area contributed by atoms with Gasteiger partial charge in [0.15, 0.2) is 0 Å². The summed E-state index contributed by atoms with van der Waals surface area (Å²) in [5.74, 6) is -2.29. The van der Waals surface area contributed by atoms with Crippen molar-refractivity contribution in [3.05, 3.63) is 70.8 Å². The molecule has 2 heterocycles. The van der Waals surface area contributed by atoms with Gasteiger partial charge < -0.3 is 10.2 Å². The molecule has 0 saturated heterocycles. The molecule has 160 valence electrons. The largest absolute Gasteiger partial charge is 0.508 e. The lowest BCUT2D eigenvalue weighted by molar-refractivity contribution is 0.0465. The van der Waals surface area contributed by atoms with Crippen molar-refractivity contribution < 1.29 is 29.4 Å². The molecule has 1 atom stereocenters. The number of hydrogen-bond acceptors (Lipinski definition) is 6. The molecule has 4 amide bonds. The number of aliphatic hydroxyl groups excluding tert-OH is 1. The number of amides is 4. The van der Waals surface area contributed by atoms with Crippen LogP contribution < -0.4 is 4.90 Å². The molecule has 5 rings (SSSR count). The molecule has 0 saturated carbocycles. The Kier molecular flexibility index (Phi) is 4.35.